The molecule has 1 heterocycles. The first-order valence-electron chi connectivity index (χ1n) is 5.78. The molecule has 18 heavy (non-hydrogen) atoms. The van der Waals surface area contributed by atoms with E-state index < -0.39 is 5.91 Å². The van der Waals surface area contributed by atoms with Crippen LogP contribution in [0.3, 0.4) is 0 Å². The van der Waals surface area contributed by atoms with E-state index in [1.807, 2.05) is 4.90 Å². The zero-order chi connectivity index (χ0) is 13.1. The number of benzene rings is 1. The maximum atomic E-state index is 11.5. The summed E-state index contributed by atoms with van der Waals surface area (Å²) in [4.78, 5) is 13.3. The van der Waals surface area contributed by atoms with Crippen LogP contribution in [0.1, 0.15) is 10.4 Å². The molecule has 0 bridgehead atoms. The van der Waals surface area contributed by atoms with Crippen LogP contribution in [0, 0.1) is 0 Å². The lowest BCUT2D eigenvalue weighted by Gasteiger charge is -2.37. The van der Waals surface area contributed by atoms with E-state index in [-0.39, 0.29) is 12.6 Å². The van der Waals surface area contributed by atoms with Crippen molar-refractivity contribution in [3.63, 3.8) is 0 Å². The number of para-hydroxylation sites is 1. The summed E-state index contributed by atoms with van der Waals surface area (Å²) in [5.41, 5.74) is 12.7. The van der Waals surface area contributed by atoms with Crippen LogP contribution in [0.2, 0.25) is 0 Å². The Hall–Kier alpha value is -1.79. The van der Waals surface area contributed by atoms with Crippen molar-refractivity contribution < 1.29 is 14.6 Å². The average molecular weight is 251 g/mol. The molecule has 0 radical (unpaired) electrons. The molecule has 1 aromatic rings. The largest absolute Gasteiger partial charge is 0.397 e. The molecule has 0 aromatic heterocycles. The third kappa shape index (κ3) is 2.25. The Bertz CT molecular complexity index is 450. The van der Waals surface area contributed by atoms with E-state index in [2.05, 4.69) is 0 Å². The highest BCUT2D eigenvalue weighted by Crippen LogP contribution is 2.30. The SMILES string of the molecule is NC(=O)c1cccc(N)c1N1CCOCC1CO. The fraction of sp³-hybridized carbons (Fsp3) is 0.417. The van der Waals surface area contributed by atoms with Gasteiger partial charge in [-0.05, 0) is 12.1 Å². The van der Waals surface area contributed by atoms with Crippen molar-refractivity contribution in [3.05, 3.63) is 23.8 Å². The Balaban J connectivity index is 2.44. The third-order valence-corrected chi connectivity index (χ3v) is 3.06. The van der Waals surface area contributed by atoms with Crippen molar-refractivity contribution in [2.45, 2.75) is 6.04 Å². The van der Waals surface area contributed by atoms with Crippen molar-refractivity contribution in [2.24, 2.45) is 5.73 Å². The van der Waals surface area contributed by atoms with Gasteiger partial charge in [-0.3, -0.25) is 4.79 Å². The summed E-state index contributed by atoms with van der Waals surface area (Å²) >= 11 is 0. The lowest BCUT2D eigenvalue weighted by molar-refractivity contribution is 0.0725. The molecule has 1 aromatic carbocycles. The molecule has 1 saturated heterocycles. The van der Waals surface area contributed by atoms with E-state index >= 15 is 0 Å². The molecule has 1 aliphatic rings. The van der Waals surface area contributed by atoms with Crippen molar-refractivity contribution in [3.8, 4) is 0 Å². The number of aliphatic hydroxyl groups excluding tert-OH is 1. The summed E-state index contributed by atoms with van der Waals surface area (Å²) in [6.45, 7) is 1.44. The van der Waals surface area contributed by atoms with Crippen LogP contribution >= 0.6 is 0 Å². The number of carbonyl (C=O) groups excluding carboxylic acids is 1. The third-order valence-electron chi connectivity index (χ3n) is 3.06. The predicted octanol–water partition coefficient (Wildman–Crippen LogP) is -0.435. The van der Waals surface area contributed by atoms with Gasteiger partial charge in [-0.1, -0.05) is 6.07 Å². The number of rotatable bonds is 3. The number of ether oxygens (including phenoxy) is 1. The maximum Gasteiger partial charge on any atom is 0.250 e. The topological polar surface area (TPSA) is 102 Å². The number of carbonyl (C=O) groups is 1. The summed E-state index contributed by atoms with van der Waals surface area (Å²) in [5, 5.41) is 9.36. The Morgan fingerprint density at radius 2 is 2.33 bits per heavy atom. The number of nitrogens with two attached hydrogens (primary N) is 2. The molecular weight excluding hydrogens is 234 g/mol. The van der Waals surface area contributed by atoms with E-state index in [9.17, 15) is 9.90 Å². The minimum Gasteiger partial charge on any atom is -0.397 e. The molecule has 1 unspecified atom stereocenters. The number of nitrogen functional groups attached to an aromatic ring is 1. The first-order chi connectivity index (χ1) is 8.65. The summed E-state index contributed by atoms with van der Waals surface area (Å²) in [7, 11) is 0. The maximum absolute atomic E-state index is 11.5. The van der Waals surface area contributed by atoms with Gasteiger partial charge >= 0.3 is 0 Å². The highest BCUT2D eigenvalue weighted by atomic mass is 16.5. The van der Waals surface area contributed by atoms with Gasteiger partial charge in [0.1, 0.15) is 0 Å². The van der Waals surface area contributed by atoms with Gasteiger partial charge < -0.3 is 26.2 Å². The van der Waals surface area contributed by atoms with Crippen LogP contribution in [0.4, 0.5) is 11.4 Å². The van der Waals surface area contributed by atoms with Gasteiger partial charge in [0.2, 0.25) is 0 Å². The van der Waals surface area contributed by atoms with Crippen molar-refractivity contribution in [1.82, 2.24) is 0 Å². The molecule has 98 valence electrons. The van der Waals surface area contributed by atoms with Crippen LogP contribution < -0.4 is 16.4 Å². The van der Waals surface area contributed by atoms with Crippen molar-refractivity contribution in [1.29, 1.82) is 0 Å². The Labute approximate surface area is 105 Å². The number of anilines is 2. The normalized spacial score (nSPS) is 19.8. The lowest BCUT2D eigenvalue weighted by atomic mass is 10.1. The van der Waals surface area contributed by atoms with Gasteiger partial charge in [-0.2, -0.15) is 0 Å². The number of nitrogens with zero attached hydrogens (tertiary/aromatic N) is 1. The van der Waals surface area contributed by atoms with Gasteiger partial charge in [0, 0.05) is 6.54 Å². The first-order valence-corrected chi connectivity index (χ1v) is 5.78. The van der Waals surface area contributed by atoms with Gasteiger partial charge in [-0.25, -0.2) is 0 Å². The molecule has 0 saturated carbocycles. The van der Waals surface area contributed by atoms with Crippen molar-refractivity contribution in [2.75, 3.05) is 37.0 Å². The molecule has 0 aliphatic carbocycles. The van der Waals surface area contributed by atoms with Crippen LogP contribution in [0.5, 0.6) is 0 Å². The van der Waals surface area contributed by atoms with Crippen LogP contribution in [-0.2, 0) is 4.74 Å². The van der Waals surface area contributed by atoms with E-state index in [4.69, 9.17) is 16.2 Å². The van der Waals surface area contributed by atoms with Gasteiger partial charge in [-0.15, -0.1) is 0 Å². The first kappa shape index (κ1) is 12.7. The van der Waals surface area contributed by atoms with Crippen molar-refractivity contribution >= 4 is 17.3 Å². The number of morpholine rings is 1. The van der Waals surface area contributed by atoms with E-state index in [1.165, 1.54) is 0 Å². The quantitative estimate of drug-likeness (QED) is 0.632. The Kier molecular flexibility index (Phi) is 3.69. The van der Waals surface area contributed by atoms with Gasteiger partial charge in [0.15, 0.2) is 0 Å². The summed E-state index contributed by atoms with van der Waals surface area (Å²) in [6, 6.07) is 4.83. The number of hydrogen-bond acceptors (Lipinski definition) is 5. The zero-order valence-corrected chi connectivity index (χ0v) is 10.0. The fourth-order valence-corrected chi connectivity index (χ4v) is 2.18. The minimum atomic E-state index is -0.527. The van der Waals surface area contributed by atoms with E-state index in [1.54, 1.807) is 18.2 Å². The molecule has 1 aliphatic heterocycles. The second-order valence-corrected chi connectivity index (χ2v) is 4.21. The Morgan fingerprint density at radius 3 is 3.00 bits per heavy atom. The summed E-state index contributed by atoms with van der Waals surface area (Å²) in [6.07, 6.45) is 0. The van der Waals surface area contributed by atoms with Gasteiger partial charge in [0.05, 0.1) is 42.8 Å². The summed E-state index contributed by atoms with van der Waals surface area (Å²) < 4.78 is 5.31. The molecule has 6 heteroatoms. The number of hydrogen-bond donors (Lipinski definition) is 3. The fourth-order valence-electron chi connectivity index (χ4n) is 2.18. The van der Waals surface area contributed by atoms with Crippen LogP contribution in [-0.4, -0.2) is 43.4 Å². The molecule has 1 atom stereocenters. The second kappa shape index (κ2) is 5.24. The highest BCUT2D eigenvalue weighted by Gasteiger charge is 2.27. The molecule has 0 spiro atoms. The molecule has 1 amide bonds. The summed E-state index contributed by atoms with van der Waals surface area (Å²) in [5.74, 6) is -0.527. The van der Waals surface area contributed by atoms with E-state index in [0.29, 0.717) is 36.7 Å². The second-order valence-electron chi connectivity index (χ2n) is 4.21. The minimum absolute atomic E-state index is 0.0630. The van der Waals surface area contributed by atoms with Crippen LogP contribution in [0.15, 0.2) is 18.2 Å². The number of amides is 1. The molecule has 1 fully saturated rings. The standard InChI is InChI=1S/C12H17N3O3/c13-10-3-1-2-9(12(14)17)11(10)15-4-5-18-7-8(15)6-16/h1-3,8,16H,4-7,13H2,(H2,14,17). The number of primary amides is 1. The smallest absolute Gasteiger partial charge is 0.250 e. The zero-order valence-electron chi connectivity index (χ0n) is 10.0. The molecular formula is C12H17N3O3. The van der Waals surface area contributed by atoms with Crippen LogP contribution in [0.25, 0.3) is 0 Å². The average Bonchev–Trinajstić information content (AvgIpc) is 2.38. The van der Waals surface area contributed by atoms with Gasteiger partial charge in [0.25, 0.3) is 5.91 Å². The monoisotopic (exact) mass is 251 g/mol. The molecule has 5 N–H and O–H groups in total. The lowest BCUT2D eigenvalue weighted by Crippen LogP contribution is -2.48. The molecule has 2 rings (SSSR count). The van der Waals surface area contributed by atoms with E-state index in [0.717, 1.165) is 0 Å². The predicted molar refractivity (Wildman–Crippen MR) is 68.4 cm³/mol. The Morgan fingerprint density at radius 1 is 1.56 bits per heavy atom. The highest BCUT2D eigenvalue weighted by molar-refractivity contribution is 6.01. The molecule has 6 nitrogen and oxygen atoms in total. The number of aliphatic hydroxyl groups is 1.